The second-order valence-electron chi connectivity index (χ2n) is 10.1. The first kappa shape index (κ1) is 33.9. The number of hydrogen-bond acceptors (Lipinski definition) is 8. The number of benzene rings is 2. The normalized spacial score (nSPS) is 13.2. The molecule has 0 aromatic heterocycles. The second kappa shape index (κ2) is 18.1. The summed E-state index contributed by atoms with van der Waals surface area (Å²) in [5.74, 6) is -2.34. The fourth-order valence-corrected chi connectivity index (χ4v) is 4.50. The van der Waals surface area contributed by atoms with Gasteiger partial charge in [0.1, 0.15) is 12.6 Å². The number of ether oxygens (including phenoxy) is 2. The quantitative estimate of drug-likeness (QED) is 0.120. The molecule has 2 aromatic carbocycles. The van der Waals surface area contributed by atoms with Crippen LogP contribution < -0.4 is 21.7 Å². The van der Waals surface area contributed by atoms with Gasteiger partial charge in [-0.3, -0.25) is 33.7 Å². The highest BCUT2D eigenvalue weighted by Gasteiger charge is 2.23. The highest BCUT2D eigenvalue weighted by atomic mass is 16.5. The van der Waals surface area contributed by atoms with Gasteiger partial charge in [-0.2, -0.15) is 0 Å². The van der Waals surface area contributed by atoms with Crippen LogP contribution in [0.4, 0.5) is 0 Å². The number of fused-ring (bicyclic) bond motifs is 1. The van der Waals surface area contributed by atoms with Crippen molar-refractivity contribution in [2.45, 2.75) is 38.1 Å². The summed E-state index contributed by atoms with van der Waals surface area (Å²) in [6.07, 6.45) is 3.99. The molecule has 13 nitrogen and oxygen atoms in total. The summed E-state index contributed by atoms with van der Waals surface area (Å²) in [7, 11) is 0. The van der Waals surface area contributed by atoms with Crippen LogP contribution in [-0.4, -0.2) is 92.4 Å². The second-order valence-corrected chi connectivity index (χ2v) is 10.1. The number of nitrogens with two attached hydrogens (primary N) is 1. The van der Waals surface area contributed by atoms with Crippen molar-refractivity contribution in [3.63, 3.8) is 0 Å². The largest absolute Gasteiger partial charge is 0.377 e. The molecule has 0 radical (unpaired) electrons. The number of nitrogens with one attached hydrogen (secondary N) is 3. The van der Waals surface area contributed by atoms with Crippen molar-refractivity contribution in [1.82, 2.24) is 20.9 Å². The van der Waals surface area contributed by atoms with Crippen LogP contribution in [-0.2, 0) is 44.7 Å². The topological polar surface area (TPSA) is 186 Å². The Morgan fingerprint density at radius 2 is 1.50 bits per heavy atom. The summed E-state index contributed by atoms with van der Waals surface area (Å²) in [5, 5.41) is 10.1. The first-order chi connectivity index (χ1) is 21.2. The van der Waals surface area contributed by atoms with Crippen LogP contribution in [0.25, 0.3) is 10.8 Å². The van der Waals surface area contributed by atoms with Gasteiger partial charge < -0.3 is 31.2 Å². The Morgan fingerprint density at radius 1 is 0.795 bits per heavy atom. The lowest BCUT2D eigenvalue weighted by molar-refractivity contribution is -0.137. The molecule has 1 aliphatic rings. The number of imide groups is 1. The van der Waals surface area contributed by atoms with Crippen molar-refractivity contribution in [2.75, 3.05) is 46.1 Å². The van der Waals surface area contributed by atoms with E-state index in [1.54, 1.807) is 0 Å². The predicted molar refractivity (Wildman–Crippen MR) is 161 cm³/mol. The predicted octanol–water partition coefficient (Wildman–Crippen LogP) is 0.103. The Bertz CT molecular complexity index is 1340. The molecular weight excluding hydrogens is 570 g/mol. The molecule has 0 spiro atoms. The molecule has 6 amide bonds. The third-order valence-electron chi connectivity index (χ3n) is 6.79. The Hall–Kier alpha value is -4.62. The van der Waals surface area contributed by atoms with Crippen molar-refractivity contribution in [3.05, 3.63) is 60.2 Å². The van der Waals surface area contributed by atoms with Crippen LogP contribution in [0.3, 0.4) is 0 Å². The van der Waals surface area contributed by atoms with Gasteiger partial charge in [0.2, 0.25) is 23.6 Å². The van der Waals surface area contributed by atoms with Gasteiger partial charge in [-0.25, -0.2) is 0 Å². The highest BCUT2D eigenvalue weighted by Crippen LogP contribution is 2.19. The third-order valence-corrected chi connectivity index (χ3v) is 6.79. The minimum atomic E-state index is -0.798. The average molecular weight is 610 g/mol. The summed E-state index contributed by atoms with van der Waals surface area (Å²) in [6.45, 7) is 1.16. The highest BCUT2D eigenvalue weighted by molar-refractivity contribution is 6.13. The van der Waals surface area contributed by atoms with E-state index in [0.29, 0.717) is 25.8 Å². The van der Waals surface area contributed by atoms with Crippen LogP contribution in [0.2, 0.25) is 0 Å². The Morgan fingerprint density at radius 3 is 2.27 bits per heavy atom. The summed E-state index contributed by atoms with van der Waals surface area (Å²) in [5.41, 5.74) is 6.37. The fraction of sp³-hybridized carbons (Fsp3) is 0.419. The van der Waals surface area contributed by atoms with Gasteiger partial charge in [0.15, 0.2) is 0 Å². The van der Waals surface area contributed by atoms with Gasteiger partial charge in [-0.05, 0) is 35.6 Å². The van der Waals surface area contributed by atoms with Crippen LogP contribution in [0.1, 0.15) is 31.2 Å². The number of primary amides is 1. The zero-order valence-corrected chi connectivity index (χ0v) is 24.5. The molecule has 236 valence electrons. The lowest BCUT2D eigenvalue weighted by Crippen LogP contribution is -2.45. The number of amides is 6. The number of rotatable bonds is 20. The fourth-order valence-electron chi connectivity index (χ4n) is 4.50. The van der Waals surface area contributed by atoms with Crippen LogP contribution in [0.5, 0.6) is 0 Å². The van der Waals surface area contributed by atoms with E-state index < -0.39 is 23.8 Å². The number of carbonyl (C=O) groups is 6. The Labute approximate surface area is 255 Å². The first-order valence-electron chi connectivity index (χ1n) is 14.5. The third kappa shape index (κ3) is 11.6. The van der Waals surface area contributed by atoms with E-state index >= 15 is 0 Å². The van der Waals surface area contributed by atoms with Crippen molar-refractivity contribution in [1.29, 1.82) is 0 Å². The number of hydrogen-bond donors (Lipinski definition) is 4. The SMILES string of the molecule is NC(=O)C(CCCCNC(=O)COCCOCCNC(=O)CCN1C(=O)C=CC1=O)NC(=O)Cc1cccc2ccccc12. The number of unbranched alkanes of at least 4 members (excludes halogenated alkanes) is 1. The maximum absolute atomic E-state index is 12.6. The van der Waals surface area contributed by atoms with Crippen molar-refractivity contribution in [3.8, 4) is 0 Å². The molecule has 1 atom stereocenters. The molecule has 1 heterocycles. The first-order valence-corrected chi connectivity index (χ1v) is 14.5. The van der Waals surface area contributed by atoms with Crippen molar-refractivity contribution in [2.24, 2.45) is 5.73 Å². The molecule has 0 aliphatic carbocycles. The monoisotopic (exact) mass is 609 g/mol. The molecule has 0 fully saturated rings. The van der Waals surface area contributed by atoms with Crippen LogP contribution >= 0.6 is 0 Å². The lowest BCUT2D eigenvalue weighted by Gasteiger charge is -2.16. The van der Waals surface area contributed by atoms with Crippen molar-refractivity contribution < 1.29 is 38.2 Å². The lowest BCUT2D eigenvalue weighted by atomic mass is 10.0. The smallest absolute Gasteiger partial charge is 0.253 e. The average Bonchev–Trinajstić information content (AvgIpc) is 3.32. The standard InChI is InChI=1S/C31H39N5O8/c32-31(42)25(35-27(38)20-23-8-5-7-22-6-1-2-9-24(22)23)10-3-4-14-33-28(39)21-44-19-18-43-17-15-34-26(37)13-16-36-29(40)11-12-30(36)41/h1-2,5-9,11-12,25H,3-4,10,13-21H2,(H2,32,42)(H,33,39)(H,34,37)(H,35,38). The van der Waals surface area contributed by atoms with E-state index in [0.717, 1.165) is 21.2 Å². The van der Waals surface area contributed by atoms with Crippen molar-refractivity contribution >= 4 is 46.2 Å². The van der Waals surface area contributed by atoms with Gasteiger partial charge in [0.25, 0.3) is 11.8 Å². The molecule has 0 saturated heterocycles. The molecule has 0 saturated carbocycles. The minimum Gasteiger partial charge on any atom is -0.377 e. The van der Waals surface area contributed by atoms with E-state index in [1.807, 2.05) is 42.5 Å². The number of nitrogens with zero attached hydrogens (tertiary/aromatic N) is 1. The molecule has 0 bridgehead atoms. The molecule has 1 aliphatic heterocycles. The maximum Gasteiger partial charge on any atom is 0.253 e. The molecule has 44 heavy (non-hydrogen) atoms. The summed E-state index contributed by atoms with van der Waals surface area (Å²) in [6, 6.07) is 12.7. The molecular formula is C31H39N5O8. The zero-order chi connectivity index (χ0) is 31.7. The number of carbonyl (C=O) groups excluding carboxylic acids is 6. The van der Waals surface area contributed by atoms with Gasteiger partial charge in [0.05, 0.1) is 26.2 Å². The van der Waals surface area contributed by atoms with Gasteiger partial charge in [0, 0.05) is 38.2 Å². The van der Waals surface area contributed by atoms with E-state index in [9.17, 15) is 28.8 Å². The van der Waals surface area contributed by atoms with Crippen LogP contribution in [0.15, 0.2) is 54.6 Å². The molecule has 13 heteroatoms. The van der Waals surface area contributed by atoms with Gasteiger partial charge >= 0.3 is 0 Å². The Balaban J connectivity index is 1.17. The van der Waals surface area contributed by atoms with Crippen LogP contribution in [0, 0.1) is 0 Å². The minimum absolute atomic E-state index is 0.00620. The van der Waals surface area contributed by atoms with E-state index in [4.69, 9.17) is 15.2 Å². The van der Waals surface area contributed by atoms with E-state index in [1.165, 1.54) is 12.2 Å². The van der Waals surface area contributed by atoms with Gasteiger partial charge in [-0.15, -0.1) is 0 Å². The molecule has 1 unspecified atom stereocenters. The zero-order valence-electron chi connectivity index (χ0n) is 24.5. The summed E-state index contributed by atoms with van der Waals surface area (Å²) in [4.78, 5) is 72.2. The van der Waals surface area contributed by atoms with E-state index in [-0.39, 0.29) is 70.1 Å². The molecule has 2 aromatic rings. The molecule has 3 rings (SSSR count). The molecule has 5 N–H and O–H groups in total. The van der Waals surface area contributed by atoms with Gasteiger partial charge in [-0.1, -0.05) is 42.5 Å². The summed E-state index contributed by atoms with van der Waals surface area (Å²) >= 11 is 0. The maximum atomic E-state index is 12.6. The Kier molecular flexibility index (Phi) is 14.0. The van der Waals surface area contributed by atoms with E-state index in [2.05, 4.69) is 16.0 Å². The summed E-state index contributed by atoms with van der Waals surface area (Å²) < 4.78 is 10.6.